The van der Waals surface area contributed by atoms with Crippen molar-refractivity contribution in [3.05, 3.63) is 169 Å². The molecule has 5 aromatic carbocycles. The number of hydrogen-bond donors (Lipinski definition) is 0. The highest BCUT2D eigenvalue weighted by molar-refractivity contribution is 5.99. The first-order valence-corrected chi connectivity index (χ1v) is 15.1. The molecule has 0 fully saturated rings. The zero-order valence-electron chi connectivity index (χ0n) is 24.8. The number of fused-ring (bicyclic) bond motifs is 2. The van der Waals surface area contributed by atoms with Gasteiger partial charge in [0.05, 0.1) is 29.3 Å². The molecule has 214 valence electrons. The summed E-state index contributed by atoms with van der Waals surface area (Å²) in [6.07, 6.45) is 3.59. The van der Waals surface area contributed by atoms with Gasteiger partial charge in [0.25, 0.3) is 0 Å². The highest BCUT2D eigenvalue weighted by Crippen LogP contribution is 2.38. The summed E-state index contributed by atoms with van der Waals surface area (Å²) in [5.41, 5.74) is 10.6. The number of nitrogens with zero attached hydrogens (tertiary/aromatic N) is 4. The Kier molecular flexibility index (Phi) is 6.83. The lowest BCUT2D eigenvalue weighted by Crippen LogP contribution is -1.94. The van der Waals surface area contributed by atoms with Crippen LogP contribution in [-0.2, 0) is 0 Å². The maximum absolute atomic E-state index is 7.37. The lowest BCUT2D eigenvalue weighted by molar-refractivity contribution is 1.22. The summed E-state index contributed by atoms with van der Waals surface area (Å²) >= 11 is 0. The van der Waals surface area contributed by atoms with Crippen LogP contribution in [0.2, 0.25) is 0 Å². The van der Waals surface area contributed by atoms with Gasteiger partial charge in [0.2, 0.25) is 0 Å². The van der Waals surface area contributed by atoms with Crippen LogP contribution >= 0.6 is 0 Å². The van der Waals surface area contributed by atoms with E-state index in [1.54, 1.807) is 12.4 Å². The molecule has 0 saturated heterocycles. The van der Waals surface area contributed by atoms with Crippen molar-refractivity contribution in [3.63, 3.8) is 0 Å². The van der Waals surface area contributed by atoms with Crippen molar-refractivity contribution < 1.29 is 0 Å². The molecule has 4 heteroatoms. The van der Waals surface area contributed by atoms with Crippen LogP contribution in [0.3, 0.4) is 0 Å². The molecule has 3 heterocycles. The summed E-state index contributed by atoms with van der Waals surface area (Å²) in [6.45, 7) is 7.37. The normalized spacial score (nSPS) is 11.0. The first-order valence-electron chi connectivity index (χ1n) is 15.1. The van der Waals surface area contributed by atoms with E-state index in [0.717, 1.165) is 66.9 Å². The highest BCUT2D eigenvalue weighted by atomic mass is 14.8. The third-order valence-electron chi connectivity index (χ3n) is 8.36. The van der Waals surface area contributed by atoms with Crippen molar-refractivity contribution >= 4 is 27.2 Å². The van der Waals surface area contributed by atoms with Gasteiger partial charge < -0.3 is 0 Å². The fourth-order valence-corrected chi connectivity index (χ4v) is 6.01. The molecule has 46 heavy (non-hydrogen) atoms. The van der Waals surface area contributed by atoms with Crippen LogP contribution in [-0.4, -0.2) is 15.0 Å². The van der Waals surface area contributed by atoms with Gasteiger partial charge in [0.15, 0.2) is 5.69 Å². The Balaban J connectivity index is 1.24. The van der Waals surface area contributed by atoms with Gasteiger partial charge in [-0.15, -0.1) is 0 Å². The second-order valence-electron chi connectivity index (χ2n) is 11.2. The predicted molar refractivity (Wildman–Crippen MR) is 188 cm³/mol. The summed E-state index contributed by atoms with van der Waals surface area (Å²) in [6, 6.07) is 50.1. The molecule has 8 aromatic rings. The number of aromatic nitrogens is 3. The van der Waals surface area contributed by atoms with E-state index in [1.807, 2.05) is 60.7 Å². The molecule has 0 N–H and O–H groups in total. The molecule has 3 aromatic heterocycles. The van der Waals surface area contributed by atoms with Crippen LogP contribution in [0, 0.1) is 6.57 Å². The van der Waals surface area contributed by atoms with Gasteiger partial charge in [0, 0.05) is 12.4 Å². The summed E-state index contributed by atoms with van der Waals surface area (Å²) in [7, 11) is 0. The Morgan fingerprint density at radius 1 is 0.391 bits per heavy atom. The van der Waals surface area contributed by atoms with E-state index in [2.05, 4.69) is 99.7 Å². The van der Waals surface area contributed by atoms with Crippen LogP contribution < -0.4 is 0 Å². The van der Waals surface area contributed by atoms with Gasteiger partial charge >= 0.3 is 0 Å². The molecular formula is C42H26N4. The second-order valence-corrected chi connectivity index (χ2v) is 11.2. The number of hydrogen-bond acceptors (Lipinski definition) is 3. The minimum absolute atomic E-state index is 0.640. The van der Waals surface area contributed by atoms with E-state index in [0.29, 0.717) is 5.69 Å². The van der Waals surface area contributed by atoms with Gasteiger partial charge in [0.1, 0.15) is 0 Å². The fraction of sp³-hybridized carbons (Fsp3) is 0. The third-order valence-corrected chi connectivity index (χ3v) is 8.36. The fourth-order valence-electron chi connectivity index (χ4n) is 6.01. The zero-order valence-corrected chi connectivity index (χ0v) is 24.8. The second kappa shape index (κ2) is 11.6. The van der Waals surface area contributed by atoms with Gasteiger partial charge in [-0.2, -0.15) is 0 Å². The Bertz CT molecular complexity index is 2350. The van der Waals surface area contributed by atoms with Crippen LogP contribution in [0.15, 0.2) is 158 Å². The van der Waals surface area contributed by atoms with Gasteiger partial charge in [-0.3, -0.25) is 9.97 Å². The number of rotatable bonds is 5. The minimum atomic E-state index is 0.640. The predicted octanol–water partition coefficient (Wildman–Crippen LogP) is 11.1. The Hall–Kier alpha value is -6.44. The van der Waals surface area contributed by atoms with Crippen molar-refractivity contribution in [1.29, 1.82) is 0 Å². The first kappa shape index (κ1) is 27.1. The Morgan fingerprint density at radius 3 is 1.46 bits per heavy atom. The Labute approximate surface area is 267 Å². The number of benzene rings is 5. The van der Waals surface area contributed by atoms with Crippen LogP contribution in [0.1, 0.15) is 0 Å². The van der Waals surface area contributed by atoms with Crippen LogP contribution in [0.25, 0.3) is 82.5 Å². The molecule has 0 amide bonds. The quantitative estimate of drug-likeness (QED) is 0.188. The highest BCUT2D eigenvalue weighted by Gasteiger charge is 2.13. The SMILES string of the molecule is [C-]#[N+]c1ccc(-c2cc3ccccc3cc2-c2ccc3cc(-c4cc(-c5ccccn5)nc(-c5ccccn5)c4)ccc3c2)cc1. The topological polar surface area (TPSA) is 43.0 Å². The Morgan fingerprint density at radius 2 is 0.891 bits per heavy atom. The summed E-state index contributed by atoms with van der Waals surface area (Å²) < 4.78 is 0. The molecular weight excluding hydrogens is 560 g/mol. The third kappa shape index (κ3) is 5.17. The molecule has 0 radical (unpaired) electrons. The van der Waals surface area contributed by atoms with Crippen molar-refractivity contribution in [3.8, 4) is 56.2 Å². The van der Waals surface area contributed by atoms with E-state index >= 15 is 0 Å². The molecule has 0 aliphatic rings. The molecule has 0 atom stereocenters. The average molecular weight is 587 g/mol. The maximum atomic E-state index is 7.37. The van der Waals surface area contributed by atoms with Crippen molar-refractivity contribution in [2.24, 2.45) is 0 Å². The van der Waals surface area contributed by atoms with Crippen molar-refractivity contribution in [2.75, 3.05) is 0 Å². The van der Waals surface area contributed by atoms with Crippen LogP contribution in [0.4, 0.5) is 5.69 Å². The van der Waals surface area contributed by atoms with Crippen LogP contribution in [0.5, 0.6) is 0 Å². The average Bonchev–Trinajstić information content (AvgIpc) is 3.14. The minimum Gasteiger partial charge on any atom is -0.255 e. The largest absolute Gasteiger partial charge is 0.255 e. The van der Waals surface area contributed by atoms with Gasteiger partial charge in [-0.25, -0.2) is 9.83 Å². The number of pyridine rings is 3. The standard InChI is InChI=1S/C42H26N4/c1-43-36-18-16-28(17-19-36)37-24-29-8-2-3-9-30(29)25-38(37)34-15-14-31-22-33(13-12-32(31)23-34)35-26-41(39-10-4-6-20-44-39)46-42(27-35)40-11-5-7-21-45-40/h2-27H. The lowest BCUT2D eigenvalue weighted by Gasteiger charge is -2.14. The van der Waals surface area contributed by atoms with E-state index in [-0.39, 0.29) is 0 Å². The molecule has 0 saturated carbocycles. The molecule has 8 rings (SSSR count). The maximum Gasteiger partial charge on any atom is 0.187 e. The van der Waals surface area contributed by atoms with E-state index in [4.69, 9.17) is 11.6 Å². The summed E-state index contributed by atoms with van der Waals surface area (Å²) in [5.74, 6) is 0. The van der Waals surface area contributed by atoms with Gasteiger partial charge in [-0.1, -0.05) is 84.9 Å². The lowest BCUT2D eigenvalue weighted by atomic mass is 9.90. The summed E-state index contributed by atoms with van der Waals surface area (Å²) in [4.78, 5) is 17.6. The zero-order chi connectivity index (χ0) is 30.9. The monoisotopic (exact) mass is 586 g/mol. The first-order chi connectivity index (χ1) is 22.7. The summed E-state index contributed by atoms with van der Waals surface area (Å²) in [5, 5.41) is 4.70. The molecule has 4 nitrogen and oxygen atoms in total. The van der Waals surface area contributed by atoms with Gasteiger partial charge in [-0.05, 0) is 116 Å². The van der Waals surface area contributed by atoms with E-state index < -0.39 is 0 Å². The molecule has 0 bridgehead atoms. The van der Waals surface area contributed by atoms with E-state index in [9.17, 15) is 0 Å². The smallest absolute Gasteiger partial charge is 0.187 e. The molecule has 0 unspecified atom stereocenters. The van der Waals surface area contributed by atoms with Crippen molar-refractivity contribution in [2.45, 2.75) is 0 Å². The van der Waals surface area contributed by atoms with Crippen molar-refractivity contribution in [1.82, 2.24) is 15.0 Å². The molecule has 0 aliphatic heterocycles. The van der Waals surface area contributed by atoms with E-state index in [1.165, 1.54) is 10.8 Å². The molecule has 0 aliphatic carbocycles. The molecule has 0 spiro atoms.